The van der Waals surface area contributed by atoms with Crippen molar-refractivity contribution in [2.45, 2.75) is 6.61 Å². The van der Waals surface area contributed by atoms with Gasteiger partial charge < -0.3 is 10.1 Å². The molecule has 0 saturated carbocycles. The fraction of sp³-hybridized carbons (Fsp3) is 0.154. The predicted octanol–water partition coefficient (Wildman–Crippen LogP) is 3.36. The molecular weight excluding hydrogens is 236 g/mol. The molecule has 0 aliphatic rings. The van der Waals surface area contributed by atoms with Crippen molar-refractivity contribution in [2.24, 2.45) is 0 Å². The Morgan fingerprint density at radius 2 is 2.06 bits per heavy atom. The zero-order valence-electron chi connectivity index (χ0n) is 9.48. The van der Waals surface area contributed by atoms with Gasteiger partial charge in [-0.1, -0.05) is 41.9 Å². The summed E-state index contributed by atoms with van der Waals surface area (Å²) in [5.41, 5.74) is 1.94. The first kappa shape index (κ1) is 11.7. The normalized spacial score (nSPS) is 10.0. The van der Waals surface area contributed by atoms with Crippen LogP contribution in [0, 0.1) is 0 Å². The molecule has 1 aromatic carbocycles. The van der Waals surface area contributed by atoms with Crippen molar-refractivity contribution in [3.05, 3.63) is 53.3 Å². The van der Waals surface area contributed by atoms with E-state index in [0.29, 0.717) is 17.5 Å². The van der Waals surface area contributed by atoms with Gasteiger partial charge in [-0.05, 0) is 5.56 Å². The van der Waals surface area contributed by atoms with Gasteiger partial charge in [-0.2, -0.15) is 0 Å². The highest BCUT2D eigenvalue weighted by molar-refractivity contribution is 6.29. The van der Waals surface area contributed by atoms with E-state index in [0.717, 1.165) is 11.3 Å². The first-order valence-electron chi connectivity index (χ1n) is 5.29. The lowest BCUT2D eigenvalue weighted by molar-refractivity contribution is 0.307. The molecule has 0 atom stereocenters. The summed E-state index contributed by atoms with van der Waals surface area (Å²) in [6, 6.07) is 11.7. The van der Waals surface area contributed by atoms with E-state index in [9.17, 15) is 0 Å². The largest absolute Gasteiger partial charge is 0.487 e. The van der Waals surface area contributed by atoms with Gasteiger partial charge in [0.2, 0.25) is 0 Å². The third-order valence-electron chi connectivity index (χ3n) is 2.34. The lowest BCUT2D eigenvalue weighted by atomic mass is 10.2. The molecule has 0 unspecified atom stereocenters. The molecule has 0 aliphatic carbocycles. The molecule has 1 N–H and O–H groups in total. The predicted molar refractivity (Wildman–Crippen MR) is 69.6 cm³/mol. The van der Waals surface area contributed by atoms with Gasteiger partial charge in [0.1, 0.15) is 17.5 Å². The second-order valence-corrected chi connectivity index (χ2v) is 3.91. The van der Waals surface area contributed by atoms with Crippen LogP contribution < -0.4 is 10.1 Å². The van der Waals surface area contributed by atoms with Crippen molar-refractivity contribution in [1.82, 2.24) is 4.98 Å². The number of anilines is 1. The van der Waals surface area contributed by atoms with Crippen LogP contribution in [0.1, 0.15) is 5.56 Å². The molecule has 88 valence electrons. The number of nitrogens with one attached hydrogen (secondary N) is 1. The fourth-order valence-electron chi connectivity index (χ4n) is 1.46. The minimum Gasteiger partial charge on any atom is -0.487 e. The summed E-state index contributed by atoms with van der Waals surface area (Å²) >= 11 is 5.84. The number of halogens is 1. The van der Waals surface area contributed by atoms with Crippen molar-refractivity contribution in [2.75, 3.05) is 12.4 Å². The molecule has 0 aliphatic heterocycles. The van der Waals surface area contributed by atoms with Gasteiger partial charge in [0.05, 0.1) is 11.9 Å². The van der Waals surface area contributed by atoms with Gasteiger partial charge in [0.25, 0.3) is 0 Å². The highest BCUT2D eigenvalue weighted by Gasteiger charge is 2.04. The third kappa shape index (κ3) is 3.11. The molecule has 4 heteroatoms. The first-order chi connectivity index (χ1) is 8.29. The van der Waals surface area contributed by atoms with Crippen LogP contribution >= 0.6 is 11.6 Å². The number of hydrogen-bond acceptors (Lipinski definition) is 3. The smallest absolute Gasteiger partial charge is 0.147 e. The lowest BCUT2D eigenvalue weighted by Gasteiger charge is -2.10. The highest BCUT2D eigenvalue weighted by atomic mass is 35.5. The van der Waals surface area contributed by atoms with Crippen molar-refractivity contribution in [1.29, 1.82) is 0 Å². The van der Waals surface area contributed by atoms with E-state index in [1.807, 2.05) is 37.4 Å². The van der Waals surface area contributed by atoms with Gasteiger partial charge in [-0.15, -0.1) is 0 Å². The molecule has 0 bridgehead atoms. The van der Waals surface area contributed by atoms with Crippen LogP contribution in [0.15, 0.2) is 42.6 Å². The quantitative estimate of drug-likeness (QED) is 0.843. The van der Waals surface area contributed by atoms with Gasteiger partial charge in [-0.3, -0.25) is 0 Å². The summed E-state index contributed by atoms with van der Waals surface area (Å²) in [6.07, 6.45) is 1.66. The van der Waals surface area contributed by atoms with E-state index in [-0.39, 0.29) is 0 Å². The lowest BCUT2D eigenvalue weighted by Crippen LogP contribution is -1.99. The SMILES string of the molecule is CNc1cnc(Cl)cc1OCc1ccccc1. The van der Waals surface area contributed by atoms with Crippen LogP contribution in [0.4, 0.5) is 5.69 Å². The van der Waals surface area contributed by atoms with Crippen LogP contribution in [0.2, 0.25) is 5.15 Å². The maximum Gasteiger partial charge on any atom is 0.147 e. The standard InChI is InChI=1S/C13H13ClN2O/c1-15-11-8-16-13(14)7-12(11)17-9-10-5-3-2-4-6-10/h2-8,15H,9H2,1H3. The summed E-state index contributed by atoms with van der Waals surface area (Å²) in [5.74, 6) is 0.705. The Balaban J connectivity index is 2.11. The Kier molecular flexibility index (Phi) is 3.83. The molecule has 2 rings (SSSR count). The molecule has 0 spiro atoms. The minimum atomic E-state index is 0.423. The summed E-state index contributed by atoms with van der Waals surface area (Å²) in [6.45, 7) is 0.510. The molecule has 1 heterocycles. The number of hydrogen-bond donors (Lipinski definition) is 1. The fourth-order valence-corrected chi connectivity index (χ4v) is 1.60. The van der Waals surface area contributed by atoms with Crippen molar-refractivity contribution in [3.63, 3.8) is 0 Å². The van der Waals surface area contributed by atoms with Crippen LogP contribution in [-0.4, -0.2) is 12.0 Å². The number of ether oxygens (including phenoxy) is 1. The number of rotatable bonds is 4. The zero-order valence-corrected chi connectivity index (χ0v) is 10.2. The van der Waals surface area contributed by atoms with Gasteiger partial charge >= 0.3 is 0 Å². The third-order valence-corrected chi connectivity index (χ3v) is 2.55. The van der Waals surface area contributed by atoms with Gasteiger partial charge in [0, 0.05) is 13.1 Å². The van der Waals surface area contributed by atoms with E-state index in [1.54, 1.807) is 12.3 Å². The van der Waals surface area contributed by atoms with E-state index in [4.69, 9.17) is 16.3 Å². The summed E-state index contributed by atoms with van der Waals surface area (Å²) in [5, 5.41) is 3.44. The number of benzene rings is 1. The van der Waals surface area contributed by atoms with Crippen LogP contribution in [-0.2, 0) is 6.61 Å². The van der Waals surface area contributed by atoms with Crippen molar-refractivity contribution < 1.29 is 4.74 Å². The molecule has 1 aromatic heterocycles. The van der Waals surface area contributed by atoms with Crippen molar-refractivity contribution >= 4 is 17.3 Å². The Morgan fingerprint density at radius 1 is 1.29 bits per heavy atom. The molecule has 0 radical (unpaired) electrons. The van der Waals surface area contributed by atoms with E-state index < -0.39 is 0 Å². The van der Waals surface area contributed by atoms with Gasteiger partial charge in [-0.25, -0.2) is 4.98 Å². The maximum atomic E-state index is 5.84. The number of pyridine rings is 1. The molecule has 0 saturated heterocycles. The first-order valence-corrected chi connectivity index (χ1v) is 5.67. The van der Waals surface area contributed by atoms with Crippen LogP contribution in [0.5, 0.6) is 5.75 Å². The molecule has 3 nitrogen and oxygen atoms in total. The van der Waals surface area contributed by atoms with E-state index in [1.165, 1.54) is 0 Å². The maximum absolute atomic E-state index is 5.84. The minimum absolute atomic E-state index is 0.423. The Labute approximate surface area is 105 Å². The van der Waals surface area contributed by atoms with E-state index >= 15 is 0 Å². The highest BCUT2D eigenvalue weighted by Crippen LogP contribution is 2.26. The second-order valence-electron chi connectivity index (χ2n) is 3.53. The van der Waals surface area contributed by atoms with E-state index in [2.05, 4.69) is 10.3 Å². The molecule has 0 amide bonds. The topological polar surface area (TPSA) is 34.2 Å². The Hall–Kier alpha value is -1.74. The second kappa shape index (κ2) is 5.55. The number of aromatic nitrogens is 1. The summed E-state index contributed by atoms with van der Waals surface area (Å²) < 4.78 is 5.71. The Bertz CT molecular complexity index is 488. The molecule has 17 heavy (non-hydrogen) atoms. The monoisotopic (exact) mass is 248 g/mol. The molecular formula is C13H13ClN2O. The summed E-state index contributed by atoms with van der Waals surface area (Å²) in [7, 11) is 1.82. The Morgan fingerprint density at radius 3 is 2.76 bits per heavy atom. The number of nitrogens with zero attached hydrogens (tertiary/aromatic N) is 1. The van der Waals surface area contributed by atoms with Crippen molar-refractivity contribution in [3.8, 4) is 5.75 Å². The molecule has 2 aromatic rings. The average Bonchev–Trinajstić information content (AvgIpc) is 2.38. The molecule has 0 fully saturated rings. The van der Waals surface area contributed by atoms with Crippen LogP contribution in [0.25, 0.3) is 0 Å². The van der Waals surface area contributed by atoms with Gasteiger partial charge in [0.15, 0.2) is 0 Å². The average molecular weight is 249 g/mol. The van der Waals surface area contributed by atoms with Crippen LogP contribution in [0.3, 0.4) is 0 Å². The zero-order chi connectivity index (χ0) is 12.1. The summed E-state index contributed by atoms with van der Waals surface area (Å²) in [4.78, 5) is 3.99.